The highest BCUT2D eigenvalue weighted by molar-refractivity contribution is 7.17. The fraction of sp³-hybridized carbons (Fsp3) is 0.385. The molecule has 2 rings (SSSR count). The third-order valence-corrected chi connectivity index (χ3v) is 3.72. The summed E-state index contributed by atoms with van der Waals surface area (Å²) in [6.07, 6.45) is 0. The molecule has 112 valence electrons. The molecular formula is C13H16N4O3S. The molecule has 0 spiro atoms. The zero-order valence-corrected chi connectivity index (χ0v) is 13.1. The van der Waals surface area contributed by atoms with Gasteiger partial charge < -0.3 is 10.1 Å². The van der Waals surface area contributed by atoms with E-state index in [9.17, 15) is 9.59 Å². The molecule has 0 atom stereocenters. The second kappa shape index (κ2) is 6.04. The maximum atomic E-state index is 11.8. The highest BCUT2D eigenvalue weighted by Crippen LogP contribution is 2.27. The van der Waals surface area contributed by atoms with Crippen molar-refractivity contribution in [3.05, 3.63) is 22.3 Å². The van der Waals surface area contributed by atoms with E-state index >= 15 is 0 Å². The molecule has 0 aliphatic rings. The number of hydrogen-bond acceptors (Lipinski definition) is 7. The van der Waals surface area contributed by atoms with Crippen LogP contribution in [0.1, 0.15) is 39.7 Å². The van der Waals surface area contributed by atoms with Crippen LogP contribution in [0, 0.1) is 6.92 Å². The molecule has 0 aliphatic heterocycles. The molecule has 0 radical (unpaired) electrons. The maximum Gasteiger partial charge on any atom is 0.358 e. The first kappa shape index (κ1) is 15.2. The Hall–Kier alpha value is -2.22. The van der Waals surface area contributed by atoms with Crippen molar-refractivity contribution in [3.8, 4) is 0 Å². The van der Waals surface area contributed by atoms with Gasteiger partial charge in [0.05, 0.1) is 12.3 Å². The monoisotopic (exact) mass is 308 g/mol. The molecule has 21 heavy (non-hydrogen) atoms. The van der Waals surface area contributed by atoms with E-state index in [-0.39, 0.29) is 23.0 Å². The van der Waals surface area contributed by atoms with Crippen LogP contribution in [0.5, 0.6) is 0 Å². The molecule has 0 saturated heterocycles. The number of carbonyl (C=O) groups excluding carboxylic acids is 2. The Morgan fingerprint density at radius 2 is 2.19 bits per heavy atom. The van der Waals surface area contributed by atoms with Gasteiger partial charge >= 0.3 is 5.97 Å². The SMILES string of the molecule is CCOC(=O)c1nc(Nc2cc(C)nn2C)sc1C(C)=O. The van der Waals surface area contributed by atoms with Gasteiger partial charge in [-0.15, -0.1) is 0 Å². The van der Waals surface area contributed by atoms with Crippen LogP contribution in [0.25, 0.3) is 0 Å². The predicted octanol–water partition coefficient (Wildman–Crippen LogP) is 2.31. The average molecular weight is 308 g/mol. The summed E-state index contributed by atoms with van der Waals surface area (Å²) < 4.78 is 6.58. The van der Waals surface area contributed by atoms with Gasteiger partial charge in [-0.25, -0.2) is 9.78 Å². The van der Waals surface area contributed by atoms with Crippen LogP contribution < -0.4 is 5.32 Å². The number of hydrogen-bond donors (Lipinski definition) is 1. The third kappa shape index (κ3) is 3.27. The van der Waals surface area contributed by atoms with Gasteiger partial charge in [0.25, 0.3) is 0 Å². The number of esters is 1. The first-order valence-electron chi connectivity index (χ1n) is 6.39. The van der Waals surface area contributed by atoms with Gasteiger partial charge in [0, 0.05) is 20.0 Å². The summed E-state index contributed by atoms with van der Waals surface area (Å²) in [6, 6.07) is 1.85. The Balaban J connectivity index is 2.33. The number of nitrogens with zero attached hydrogens (tertiary/aromatic N) is 3. The number of thiazole rings is 1. The lowest BCUT2D eigenvalue weighted by Crippen LogP contribution is -2.09. The van der Waals surface area contributed by atoms with Crippen LogP contribution in [0.2, 0.25) is 0 Å². The van der Waals surface area contributed by atoms with Crippen molar-refractivity contribution >= 4 is 34.0 Å². The first-order valence-corrected chi connectivity index (χ1v) is 7.20. The highest BCUT2D eigenvalue weighted by Gasteiger charge is 2.22. The summed E-state index contributed by atoms with van der Waals surface area (Å²) in [5, 5.41) is 7.71. The zero-order valence-electron chi connectivity index (χ0n) is 12.3. The molecule has 2 heterocycles. The summed E-state index contributed by atoms with van der Waals surface area (Å²) in [6.45, 7) is 5.21. The van der Waals surface area contributed by atoms with Gasteiger partial charge in [0.1, 0.15) is 10.7 Å². The van der Waals surface area contributed by atoms with E-state index in [0.29, 0.717) is 5.13 Å². The minimum absolute atomic E-state index is 0.0516. The predicted molar refractivity (Wildman–Crippen MR) is 79.3 cm³/mol. The lowest BCUT2D eigenvalue weighted by Gasteiger charge is -2.01. The lowest BCUT2D eigenvalue weighted by atomic mass is 10.3. The van der Waals surface area contributed by atoms with Crippen molar-refractivity contribution in [1.82, 2.24) is 14.8 Å². The van der Waals surface area contributed by atoms with Crippen molar-refractivity contribution in [2.45, 2.75) is 20.8 Å². The molecule has 1 N–H and O–H groups in total. The number of nitrogens with one attached hydrogen (secondary N) is 1. The summed E-state index contributed by atoms with van der Waals surface area (Å²) in [4.78, 5) is 27.9. The minimum atomic E-state index is -0.590. The summed E-state index contributed by atoms with van der Waals surface area (Å²) in [5.74, 6) is -0.0789. The van der Waals surface area contributed by atoms with E-state index in [0.717, 1.165) is 22.8 Å². The fourth-order valence-corrected chi connectivity index (χ4v) is 2.64. The Kier molecular flexibility index (Phi) is 4.37. The summed E-state index contributed by atoms with van der Waals surface area (Å²) >= 11 is 1.12. The number of rotatable bonds is 5. The molecule has 0 bridgehead atoms. The van der Waals surface area contributed by atoms with Gasteiger partial charge in [-0.05, 0) is 13.8 Å². The van der Waals surface area contributed by atoms with Crippen LogP contribution in [-0.4, -0.2) is 33.1 Å². The van der Waals surface area contributed by atoms with Crippen molar-refractivity contribution in [3.63, 3.8) is 0 Å². The zero-order chi connectivity index (χ0) is 15.6. The van der Waals surface area contributed by atoms with E-state index in [1.807, 2.05) is 13.0 Å². The van der Waals surface area contributed by atoms with Crippen molar-refractivity contribution < 1.29 is 14.3 Å². The largest absolute Gasteiger partial charge is 0.461 e. The standard InChI is InChI=1S/C13H16N4O3S/c1-5-20-12(19)10-11(8(3)18)21-13(15-10)14-9-6-7(2)16-17(9)4/h6H,5H2,1-4H3,(H,14,15). The minimum Gasteiger partial charge on any atom is -0.461 e. The second-order valence-electron chi connectivity index (χ2n) is 4.39. The molecule has 8 heteroatoms. The first-order chi connectivity index (χ1) is 9.92. The number of aryl methyl sites for hydroxylation is 2. The number of aromatic nitrogens is 3. The van der Waals surface area contributed by atoms with Crippen LogP contribution >= 0.6 is 11.3 Å². The fourth-order valence-electron chi connectivity index (χ4n) is 1.79. The Bertz CT molecular complexity index is 690. The average Bonchev–Trinajstić information content (AvgIpc) is 2.94. The number of carbonyl (C=O) groups is 2. The van der Waals surface area contributed by atoms with Gasteiger partial charge in [0.2, 0.25) is 0 Å². The molecule has 0 fully saturated rings. The van der Waals surface area contributed by atoms with E-state index in [4.69, 9.17) is 4.74 Å². The van der Waals surface area contributed by atoms with Gasteiger partial charge in [-0.2, -0.15) is 5.10 Å². The Labute approximate surface area is 125 Å². The molecule has 0 aromatic carbocycles. The molecule has 2 aromatic rings. The number of ketones is 1. The number of Topliss-reactive ketones (excluding diaryl/α,β-unsaturated/α-hetero) is 1. The highest BCUT2D eigenvalue weighted by atomic mass is 32.1. The van der Waals surface area contributed by atoms with E-state index in [1.54, 1.807) is 18.7 Å². The van der Waals surface area contributed by atoms with E-state index in [1.165, 1.54) is 6.92 Å². The smallest absolute Gasteiger partial charge is 0.358 e. The van der Waals surface area contributed by atoms with Crippen molar-refractivity contribution in [2.24, 2.45) is 7.05 Å². The maximum absolute atomic E-state index is 11.8. The van der Waals surface area contributed by atoms with Crippen molar-refractivity contribution in [2.75, 3.05) is 11.9 Å². The Morgan fingerprint density at radius 3 is 2.71 bits per heavy atom. The third-order valence-electron chi connectivity index (χ3n) is 2.65. The molecule has 0 aliphatic carbocycles. The number of anilines is 2. The summed E-state index contributed by atoms with van der Waals surface area (Å²) in [7, 11) is 1.79. The molecule has 0 unspecified atom stereocenters. The van der Waals surface area contributed by atoms with Crippen LogP contribution in [-0.2, 0) is 11.8 Å². The van der Waals surface area contributed by atoms with Crippen LogP contribution in [0.4, 0.5) is 10.9 Å². The Morgan fingerprint density at radius 1 is 1.48 bits per heavy atom. The van der Waals surface area contributed by atoms with Gasteiger partial charge in [-0.3, -0.25) is 9.48 Å². The van der Waals surface area contributed by atoms with E-state index in [2.05, 4.69) is 15.4 Å². The second-order valence-corrected chi connectivity index (χ2v) is 5.39. The van der Waals surface area contributed by atoms with E-state index < -0.39 is 5.97 Å². The quantitative estimate of drug-likeness (QED) is 0.674. The normalized spacial score (nSPS) is 10.5. The number of ether oxygens (including phenoxy) is 1. The van der Waals surface area contributed by atoms with Crippen molar-refractivity contribution in [1.29, 1.82) is 0 Å². The lowest BCUT2D eigenvalue weighted by molar-refractivity contribution is 0.0517. The molecule has 2 aromatic heterocycles. The van der Waals surface area contributed by atoms with Crippen LogP contribution in [0.15, 0.2) is 6.07 Å². The molecular weight excluding hydrogens is 292 g/mol. The summed E-state index contributed by atoms with van der Waals surface area (Å²) in [5.41, 5.74) is 0.907. The van der Waals surface area contributed by atoms with Crippen LogP contribution in [0.3, 0.4) is 0 Å². The topological polar surface area (TPSA) is 86.1 Å². The van der Waals surface area contributed by atoms with Gasteiger partial charge in [0.15, 0.2) is 16.6 Å². The van der Waals surface area contributed by atoms with Gasteiger partial charge in [-0.1, -0.05) is 11.3 Å². The molecule has 7 nitrogen and oxygen atoms in total. The molecule has 0 saturated carbocycles. The molecule has 0 amide bonds.